The molecule has 0 bridgehead atoms. The molecule has 0 aliphatic rings. The molecule has 5 rings (SSSR count). The number of esters is 1. The second kappa shape index (κ2) is 7.86. The fraction of sp³-hybridized carbons (Fsp3) is 0.0769. The molecular formula is C26H20N2O4S. The standard InChI is InChI=1S/C26H20N2O4S/c1-17-10-13-20(14-11-17)33(30,31)28-24-16-19(26(29)32-2)12-15-23(24)27-25(28)22-9-5-7-18-6-3-4-8-21(18)22/h3-16H,1-2H3. The van der Waals surface area contributed by atoms with Gasteiger partial charge in [0.25, 0.3) is 10.0 Å². The lowest BCUT2D eigenvalue weighted by molar-refractivity contribution is 0.0601. The van der Waals surface area contributed by atoms with Crippen molar-refractivity contribution in [3.8, 4) is 11.4 Å². The molecule has 1 aromatic heterocycles. The number of methoxy groups -OCH3 is 1. The van der Waals surface area contributed by atoms with Gasteiger partial charge in [-0.15, -0.1) is 0 Å². The van der Waals surface area contributed by atoms with Gasteiger partial charge in [0.05, 0.1) is 28.6 Å². The number of aryl methyl sites for hydroxylation is 1. The average molecular weight is 457 g/mol. The zero-order chi connectivity index (χ0) is 23.2. The lowest BCUT2D eigenvalue weighted by atomic mass is 10.0. The Morgan fingerprint density at radius 3 is 2.39 bits per heavy atom. The molecule has 0 N–H and O–H groups in total. The van der Waals surface area contributed by atoms with Crippen LogP contribution in [0.3, 0.4) is 0 Å². The fourth-order valence-electron chi connectivity index (χ4n) is 3.95. The Labute approximate surface area is 191 Å². The first-order chi connectivity index (χ1) is 15.9. The topological polar surface area (TPSA) is 78.3 Å². The predicted octanol–water partition coefficient (Wildman–Crippen LogP) is 5.19. The Bertz CT molecular complexity index is 1630. The van der Waals surface area contributed by atoms with Crippen LogP contribution in [0.5, 0.6) is 0 Å². The number of carbonyl (C=O) groups is 1. The highest BCUT2D eigenvalue weighted by Gasteiger charge is 2.26. The summed E-state index contributed by atoms with van der Waals surface area (Å²) in [4.78, 5) is 17.0. The fourth-order valence-corrected chi connectivity index (χ4v) is 5.41. The van der Waals surface area contributed by atoms with Crippen LogP contribution in [0, 0.1) is 6.92 Å². The van der Waals surface area contributed by atoms with Gasteiger partial charge >= 0.3 is 5.97 Å². The van der Waals surface area contributed by atoms with Gasteiger partial charge in [0.2, 0.25) is 0 Å². The van der Waals surface area contributed by atoms with Gasteiger partial charge < -0.3 is 4.74 Å². The van der Waals surface area contributed by atoms with E-state index >= 15 is 0 Å². The lowest BCUT2D eigenvalue weighted by Crippen LogP contribution is -2.15. The molecule has 0 aliphatic heterocycles. The molecule has 164 valence electrons. The third-order valence-electron chi connectivity index (χ3n) is 5.62. The van der Waals surface area contributed by atoms with Gasteiger partial charge in [-0.3, -0.25) is 0 Å². The molecule has 7 heteroatoms. The summed E-state index contributed by atoms with van der Waals surface area (Å²) in [6.45, 7) is 1.90. The molecular weight excluding hydrogens is 436 g/mol. The molecule has 0 unspecified atom stereocenters. The van der Waals surface area contributed by atoms with Crippen LogP contribution in [0.25, 0.3) is 33.2 Å². The molecule has 4 aromatic carbocycles. The van der Waals surface area contributed by atoms with Crippen LogP contribution >= 0.6 is 0 Å². The van der Waals surface area contributed by atoms with Crippen LogP contribution in [-0.4, -0.2) is 30.5 Å². The maximum atomic E-state index is 13.9. The van der Waals surface area contributed by atoms with E-state index in [1.807, 2.05) is 49.4 Å². The number of hydrogen-bond donors (Lipinski definition) is 0. The Hall–Kier alpha value is -3.97. The van der Waals surface area contributed by atoms with Crippen LogP contribution in [0.1, 0.15) is 15.9 Å². The van der Waals surface area contributed by atoms with E-state index in [1.54, 1.807) is 36.4 Å². The second-order valence-electron chi connectivity index (χ2n) is 7.74. The van der Waals surface area contributed by atoms with Gasteiger partial charge in [0.1, 0.15) is 0 Å². The van der Waals surface area contributed by atoms with Crippen molar-refractivity contribution in [2.24, 2.45) is 0 Å². The summed E-state index contributed by atoms with van der Waals surface area (Å²) in [5.74, 6) is -0.270. The van der Waals surface area contributed by atoms with E-state index in [1.165, 1.54) is 17.1 Å². The number of benzene rings is 4. The zero-order valence-corrected chi connectivity index (χ0v) is 18.8. The minimum absolute atomic E-state index is 0.136. The van der Waals surface area contributed by atoms with Crippen LogP contribution in [0.4, 0.5) is 0 Å². The normalized spacial score (nSPS) is 11.7. The monoisotopic (exact) mass is 456 g/mol. The van der Waals surface area contributed by atoms with Gasteiger partial charge in [-0.2, -0.15) is 0 Å². The number of rotatable bonds is 4. The maximum absolute atomic E-state index is 13.9. The summed E-state index contributed by atoms with van der Waals surface area (Å²) in [5.41, 5.74) is 2.64. The van der Waals surface area contributed by atoms with Crippen molar-refractivity contribution in [1.82, 2.24) is 8.96 Å². The Morgan fingerprint density at radius 2 is 1.64 bits per heavy atom. The highest BCUT2D eigenvalue weighted by atomic mass is 32.2. The number of aromatic nitrogens is 2. The van der Waals surface area contributed by atoms with Gasteiger partial charge in [-0.1, -0.05) is 60.2 Å². The van der Waals surface area contributed by atoms with Crippen LogP contribution in [0.15, 0.2) is 89.8 Å². The summed E-state index contributed by atoms with van der Waals surface area (Å²) in [7, 11) is -2.75. The summed E-state index contributed by atoms with van der Waals surface area (Å²) in [6, 6.07) is 24.8. The zero-order valence-electron chi connectivity index (χ0n) is 18.0. The van der Waals surface area contributed by atoms with Gasteiger partial charge in [-0.05, 0) is 48.0 Å². The molecule has 0 amide bonds. The molecule has 5 aromatic rings. The van der Waals surface area contributed by atoms with E-state index in [-0.39, 0.29) is 16.3 Å². The first-order valence-electron chi connectivity index (χ1n) is 10.3. The average Bonchev–Trinajstić information content (AvgIpc) is 3.23. The van der Waals surface area contributed by atoms with E-state index in [2.05, 4.69) is 0 Å². The molecule has 33 heavy (non-hydrogen) atoms. The van der Waals surface area contributed by atoms with Crippen LogP contribution in [-0.2, 0) is 14.8 Å². The number of hydrogen-bond acceptors (Lipinski definition) is 5. The highest BCUT2D eigenvalue weighted by molar-refractivity contribution is 7.90. The quantitative estimate of drug-likeness (QED) is 0.348. The predicted molar refractivity (Wildman–Crippen MR) is 128 cm³/mol. The second-order valence-corrected chi connectivity index (χ2v) is 9.53. The van der Waals surface area contributed by atoms with E-state index in [0.717, 1.165) is 16.3 Å². The third kappa shape index (κ3) is 3.47. The molecule has 0 saturated heterocycles. The minimum Gasteiger partial charge on any atom is -0.465 e. The van der Waals surface area contributed by atoms with Crippen molar-refractivity contribution in [2.45, 2.75) is 11.8 Å². The molecule has 0 fully saturated rings. The van der Waals surface area contributed by atoms with E-state index in [4.69, 9.17) is 9.72 Å². The van der Waals surface area contributed by atoms with Crippen molar-refractivity contribution in [2.75, 3.05) is 7.11 Å². The van der Waals surface area contributed by atoms with Crippen LogP contribution in [0.2, 0.25) is 0 Å². The van der Waals surface area contributed by atoms with E-state index < -0.39 is 16.0 Å². The van der Waals surface area contributed by atoms with Crippen LogP contribution < -0.4 is 0 Å². The lowest BCUT2D eigenvalue weighted by Gasteiger charge is -2.13. The minimum atomic E-state index is -4.03. The SMILES string of the molecule is COC(=O)c1ccc2nc(-c3cccc4ccccc34)n(S(=O)(=O)c3ccc(C)cc3)c2c1. The smallest absolute Gasteiger partial charge is 0.337 e. The summed E-state index contributed by atoms with van der Waals surface area (Å²) in [5, 5.41) is 1.85. The third-order valence-corrected chi connectivity index (χ3v) is 7.34. The number of fused-ring (bicyclic) bond motifs is 2. The summed E-state index contributed by atoms with van der Waals surface area (Å²) in [6.07, 6.45) is 0. The number of nitrogens with zero attached hydrogens (tertiary/aromatic N) is 2. The molecule has 0 spiro atoms. The first kappa shape index (κ1) is 20.9. The molecule has 0 aliphatic carbocycles. The Kier molecular flexibility index (Phi) is 4.98. The van der Waals surface area contributed by atoms with Gasteiger partial charge in [-0.25, -0.2) is 22.2 Å². The molecule has 1 heterocycles. The number of imidazole rings is 1. The Morgan fingerprint density at radius 1 is 0.909 bits per heavy atom. The molecule has 0 radical (unpaired) electrons. The van der Waals surface area contributed by atoms with Crippen molar-refractivity contribution < 1.29 is 17.9 Å². The van der Waals surface area contributed by atoms with Crippen molar-refractivity contribution in [3.05, 3.63) is 96.1 Å². The largest absolute Gasteiger partial charge is 0.465 e. The molecule has 6 nitrogen and oxygen atoms in total. The highest BCUT2D eigenvalue weighted by Crippen LogP contribution is 2.34. The van der Waals surface area contributed by atoms with Gasteiger partial charge in [0, 0.05) is 5.56 Å². The molecule has 0 saturated carbocycles. The van der Waals surface area contributed by atoms with E-state index in [0.29, 0.717) is 16.6 Å². The number of carbonyl (C=O) groups excluding carboxylic acids is 1. The Balaban J connectivity index is 1.88. The van der Waals surface area contributed by atoms with Crippen molar-refractivity contribution in [1.29, 1.82) is 0 Å². The maximum Gasteiger partial charge on any atom is 0.337 e. The summed E-state index contributed by atoms with van der Waals surface area (Å²) < 4.78 is 33.9. The first-order valence-corrected chi connectivity index (χ1v) is 11.8. The van der Waals surface area contributed by atoms with Gasteiger partial charge in [0.15, 0.2) is 5.82 Å². The van der Waals surface area contributed by atoms with Crippen molar-refractivity contribution in [3.63, 3.8) is 0 Å². The number of ether oxygens (including phenoxy) is 1. The van der Waals surface area contributed by atoms with E-state index in [9.17, 15) is 13.2 Å². The summed E-state index contributed by atoms with van der Waals surface area (Å²) >= 11 is 0. The van der Waals surface area contributed by atoms with Crippen molar-refractivity contribution >= 4 is 37.8 Å². The molecule has 0 atom stereocenters.